The van der Waals surface area contributed by atoms with Crippen LogP contribution in [0.25, 0.3) is 16.7 Å². The summed E-state index contributed by atoms with van der Waals surface area (Å²) in [6, 6.07) is 12.3. The number of cyclic esters (lactones) is 1. The highest BCUT2D eigenvalue weighted by Crippen LogP contribution is 2.39. The third-order valence-corrected chi connectivity index (χ3v) is 6.81. The molecule has 0 spiro atoms. The molecule has 3 nitrogen and oxygen atoms in total. The Bertz CT molecular complexity index is 1390. The molecule has 0 unspecified atom stereocenters. The Hall–Kier alpha value is -3.61. The number of hydrogen-bond donors (Lipinski definition) is 0. The van der Waals surface area contributed by atoms with E-state index < -0.39 is 30.0 Å². The van der Waals surface area contributed by atoms with E-state index in [2.05, 4.69) is 6.58 Å². The molecule has 37 heavy (non-hydrogen) atoms. The van der Waals surface area contributed by atoms with Gasteiger partial charge >= 0.3 is 12.3 Å². The van der Waals surface area contributed by atoms with E-state index in [0.717, 1.165) is 39.9 Å². The van der Waals surface area contributed by atoms with Crippen molar-refractivity contribution in [2.45, 2.75) is 59.5 Å². The molecule has 1 aliphatic heterocycles. The van der Waals surface area contributed by atoms with Gasteiger partial charge in [0.05, 0.1) is 18.2 Å². The predicted octanol–water partition coefficient (Wildman–Crippen LogP) is 8.55. The average molecular weight is 512 g/mol. The number of rotatable bonds is 5. The van der Waals surface area contributed by atoms with Crippen LogP contribution >= 0.6 is 0 Å². The van der Waals surface area contributed by atoms with E-state index in [1.165, 1.54) is 11.0 Å². The summed E-state index contributed by atoms with van der Waals surface area (Å²) < 4.78 is 60.3. The molecule has 0 saturated carbocycles. The number of alkyl halides is 3. The summed E-state index contributed by atoms with van der Waals surface area (Å²) in [6.45, 7) is 12.9. The molecule has 0 aliphatic carbocycles. The van der Waals surface area contributed by atoms with Crippen molar-refractivity contribution in [2.24, 2.45) is 0 Å². The fourth-order valence-corrected chi connectivity index (χ4v) is 4.89. The minimum atomic E-state index is -4.50. The summed E-state index contributed by atoms with van der Waals surface area (Å²) in [4.78, 5) is 14.5. The fourth-order valence-electron chi connectivity index (χ4n) is 4.89. The van der Waals surface area contributed by atoms with Gasteiger partial charge in [-0.3, -0.25) is 4.90 Å². The number of halogens is 4. The highest BCUT2D eigenvalue weighted by molar-refractivity contribution is 5.77. The van der Waals surface area contributed by atoms with Gasteiger partial charge in [-0.1, -0.05) is 42.0 Å². The van der Waals surface area contributed by atoms with Crippen LogP contribution in [0.2, 0.25) is 0 Å². The highest BCUT2D eigenvalue weighted by Gasteiger charge is 2.41. The largest absolute Gasteiger partial charge is 0.439 e. The van der Waals surface area contributed by atoms with Gasteiger partial charge < -0.3 is 4.74 Å². The molecule has 3 aromatic carbocycles. The van der Waals surface area contributed by atoms with Crippen molar-refractivity contribution < 1.29 is 27.1 Å². The van der Waals surface area contributed by atoms with Crippen LogP contribution in [0.3, 0.4) is 0 Å². The zero-order valence-electron chi connectivity index (χ0n) is 21.5. The summed E-state index contributed by atoms with van der Waals surface area (Å²) in [5, 5.41) is 0. The van der Waals surface area contributed by atoms with E-state index in [1.54, 1.807) is 32.9 Å². The Kier molecular flexibility index (Phi) is 6.93. The van der Waals surface area contributed by atoms with Gasteiger partial charge in [-0.15, -0.1) is 0 Å². The van der Waals surface area contributed by atoms with Gasteiger partial charge in [-0.05, 0) is 92.3 Å². The number of amides is 1. The number of hydrogen-bond acceptors (Lipinski definition) is 2. The minimum absolute atomic E-state index is 0.185. The van der Waals surface area contributed by atoms with Crippen molar-refractivity contribution in [3.05, 3.63) is 99.9 Å². The Labute approximate surface area is 214 Å². The third kappa shape index (κ3) is 5.26. The second-order valence-corrected chi connectivity index (χ2v) is 9.89. The molecule has 4 rings (SSSR count). The number of nitrogens with zero attached hydrogens (tertiary/aromatic N) is 1. The second-order valence-electron chi connectivity index (χ2n) is 9.89. The van der Waals surface area contributed by atoms with Crippen LogP contribution in [-0.2, 0) is 17.5 Å². The van der Waals surface area contributed by atoms with Crippen LogP contribution in [0.5, 0.6) is 0 Å². The van der Waals surface area contributed by atoms with E-state index in [-0.39, 0.29) is 12.4 Å². The maximum absolute atomic E-state index is 14.5. The average Bonchev–Trinajstić information content (AvgIpc) is 3.07. The summed E-state index contributed by atoms with van der Waals surface area (Å²) in [6.07, 6.45) is -5.94. The van der Waals surface area contributed by atoms with E-state index in [1.807, 2.05) is 32.0 Å². The Morgan fingerprint density at radius 1 is 1.00 bits per heavy atom. The van der Waals surface area contributed by atoms with Gasteiger partial charge in [0.25, 0.3) is 0 Å². The van der Waals surface area contributed by atoms with Crippen LogP contribution in [-0.4, -0.2) is 17.0 Å². The molecule has 1 amide bonds. The normalized spacial score (nSPS) is 17.8. The lowest BCUT2D eigenvalue weighted by molar-refractivity contribution is -0.137. The molecular formula is C30H29F4NO2. The van der Waals surface area contributed by atoms with Gasteiger partial charge in [-0.25, -0.2) is 9.18 Å². The van der Waals surface area contributed by atoms with E-state index in [9.17, 15) is 22.4 Å². The van der Waals surface area contributed by atoms with Crippen molar-refractivity contribution in [1.82, 2.24) is 4.90 Å². The highest BCUT2D eigenvalue weighted by atomic mass is 19.4. The molecule has 1 aliphatic rings. The topological polar surface area (TPSA) is 29.5 Å². The third-order valence-electron chi connectivity index (χ3n) is 6.81. The molecule has 0 radical (unpaired) electrons. The van der Waals surface area contributed by atoms with E-state index in [4.69, 9.17) is 4.74 Å². The van der Waals surface area contributed by atoms with Gasteiger partial charge in [0, 0.05) is 5.56 Å². The molecule has 1 fully saturated rings. The first-order valence-corrected chi connectivity index (χ1v) is 12.0. The number of benzene rings is 3. The molecule has 7 heteroatoms. The van der Waals surface area contributed by atoms with Crippen LogP contribution in [0.15, 0.2) is 55.1 Å². The van der Waals surface area contributed by atoms with Crippen LogP contribution in [0, 0.1) is 26.6 Å². The first-order chi connectivity index (χ1) is 17.3. The van der Waals surface area contributed by atoms with Crippen molar-refractivity contribution in [1.29, 1.82) is 0 Å². The van der Waals surface area contributed by atoms with Gasteiger partial charge in [0.1, 0.15) is 11.9 Å². The Morgan fingerprint density at radius 2 is 1.70 bits per heavy atom. The van der Waals surface area contributed by atoms with E-state index in [0.29, 0.717) is 22.3 Å². The zero-order valence-corrected chi connectivity index (χ0v) is 21.5. The Balaban J connectivity index is 1.71. The van der Waals surface area contributed by atoms with Crippen LogP contribution < -0.4 is 0 Å². The first kappa shape index (κ1) is 26.5. The number of aryl methyl sites for hydroxylation is 3. The van der Waals surface area contributed by atoms with Gasteiger partial charge in [-0.2, -0.15) is 13.2 Å². The number of ether oxygens (including phenoxy) is 1. The van der Waals surface area contributed by atoms with Gasteiger partial charge in [0.2, 0.25) is 0 Å². The first-order valence-electron chi connectivity index (χ1n) is 12.0. The molecular weight excluding hydrogens is 482 g/mol. The molecule has 0 bridgehead atoms. The molecule has 3 aromatic rings. The monoisotopic (exact) mass is 511 g/mol. The lowest BCUT2D eigenvalue weighted by Gasteiger charge is -2.24. The summed E-state index contributed by atoms with van der Waals surface area (Å²) >= 11 is 0. The molecule has 194 valence electrons. The summed E-state index contributed by atoms with van der Waals surface area (Å²) in [5.41, 5.74) is 5.18. The van der Waals surface area contributed by atoms with Crippen molar-refractivity contribution in [3.8, 4) is 11.1 Å². The zero-order chi connectivity index (χ0) is 27.2. The van der Waals surface area contributed by atoms with Gasteiger partial charge in [0.15, 0.2) is 0 Å². The number of carbonyl (C=O) groups is 1. The molecule has 0 aromatic heterocycles. The standard InChI is InChI=1S/C30H29F4NO2/c1-16(2)25-14-26(19(5)12-27(25)31)24-8-7-17(3)9-22(24)15-35-20(6)28(37-29(35)36)21-10-18(4)11-23(13-21)30(32,33)34/h7-14,20,28H,1,15H2,2-6H3/t20-,28-/m0/s1. The summed E-state index contributed by atoms with van der Waals surface area (Å²) in [7, 11) is 0. The summed E-state index contributed by atoms with van der Waals surface area (Å²) in [5.74, 6) is -0.349. The lowest BCUT2D eigenvalue weighted by atomic mass is 9.91. The van der Waals surface area contributed by atoms with Crippen molar-refractivity contribution in [3.63, 3.8) is 0 Å². The quantitative estimate of drug-likeness (QED) is 0.321. The van der Waals surface area contributed by atoms with Crippen LogP contribution in [0.4, 0.5) is 22.4 Å². The number of carbonyl (C=O) groups excluding carboxylic acids is 1. The molecule has 1 heterocycles. The SMILES string of the molecule is C=C(C)c1cc(-c2ccc(C)cc2CN2C(=O)O[C@H](c3cc(C)cc(C(F)(F)F)c3)[C@@H]2C)c(C)cc1F. The van der Waals surface area contributed by atoms with Crippen LogP contribution in [0.1, 0.15) is 58.9 Å². The predicted molar refractivity (Wildman–Crippen MR) is 136 cm³/mol. The smallest absolute Gasteiger partial charge is 0.416 e. The lowest BCUT2D eigenvalue weighted by Crippen LogP contribution is -2.31. The maximum atomic E-state index is 14.5. The molecule has 0 N–H and O–H groups in total. The fraction of sp³-hybridized carbons (Fsp3) is 0.300. The molecule has 2 atom stereocenters. The Morgan fingerprint density at radius 3 is 2.35 bits per heavy atom. The van der Waals surface area contributed by atoms with Crippen molar-refractivity contribution >= 4 is 11.7 Å². The van der Waals surface area contributed by atoms with Crippen molar-refractivity contribution in [2.75, 3.05) is 0 Å². The second kappa shape index (κ2) is 9.69. The minimum Gasteiger partial charge on any atom is -0.439 e. The van der Waals surface area contributed by atoms with E-state index >= 15 is 0 Å². The number of allylic oxidation sites excluding steroid dienone is 1. The maximum Gasteiger partial charge on any atom is 0.416 e. The molecule has 1 saturated heterocycles.